The van der Waals surface area contributed by atoms with Crippen LogP contribution < -0.4 is 14.8 Å². The monoisotopic (exact) mass is 469 g/mol. The van der Waals surface area contributed by atoms with Crippen LogP contribution in [0.4, 0.5) is 4.39 Å². The number of halogens is 1. The van der Waals surface area contributed by atoms with Crippen molar-refractivity contribution in [1.82, 2.24) is 15.1 Å². The topological polar surface area (TPSA) is 71.1 Å². The minimum absolute atomic E-state index is 0.0387. The Hall–Kier alpha value is -3.13. The number of nitrogens with one attached hydrogen (secondary N) is 1. The van der Waals surface area contributed by atoms with Gasteiger partial charge in [-0.3, -0.25) is 9.59 Å². The van der Waals surface area contributed by atoms with E-state index in [1.165, 1.54) is 29.8 Å². The molecule has 4 rings (SSSR count). The summed E-state index contributed by atoms with van der Waals surface area (Å²) in [6.45, 7) is 4.05. The van der Waals surface area contributed by atoms with Crippen LogP contribution in [0.3, 0.4) is 0 Å². The molecule has 0 spiro atoms. The van der Waals surface area contributed by atoms with Gasteiger partial charge in [-0.2, -0.15) is 0 Å². The second-order valence-corrected chi connectivity index (χ2v) is 8.89. The molecule has 1 saturated heterocycles. The van der Waals surface area contributed by atoms with Crippen LogP contribution in [0.15, 0.2) is 36.4 Å². The molecule has 0 radical (unpaired) electrons. The van der Waals surface area contributed by atoms with Gasteiger partial charge in [-0.05, 0) is 73.3 Å². The lowest BCUT2D eigenvalue weighted by Gasteiger charge is -2.37. The van der Waals surface area contributed by atoms with E-state index in [0.29, 0.717) is 44.0 Å². The molecular weight excluding hydrogens is 437 g/mol. The van der Waals surface area contributed by atoms with Crippen LogP contribution in [0.2, 0.25) is 0 Å². The van der Waals surface area contributed by atoms with Crippen LogP contribution in [0.5, 0.6) is 11.5 Å². The zero-order valence-corrected chi connectivity index (χ0v) is 19.8. The van der Waals surface area contributed by atoms with E-state index in [9.17, 15) is 14.0 Å². The van der Waals surface area contributed by atoms with E-state index >= 15 is 0 Å². The summed E-state index contributed by atoms with van der Waals surface area (Å²) in [5, 5.41) is 2.88. The number of piperidine rings is 1. The number of fused-ring (bicyclic) bond motifs is 1. The minimum Gasteiger partial charge on any atom is -0.493 e. The number of ether oxygens (including phenoxy) is 2. The standard InChI is InChI=1S/C26H32FN3O4/c1-33-23-14-19-9-12-30(17-21(19)15-24(23)34-2)26(32)20-4-3-11-29(16-20)13-10-28-25(31)18-5-7-22(27)8-6-18/h5-8,14-15,20H,3-4,9-13,16-17H2,1-2H3,(H,28,31)/t20-/m0/s1. The number of rotatable bonds is 7. The highest BCUT2D eigenvalue weighted by Crippen LogP contribution is 2.34. The van der Waals surface area contributed by atoms with Crippen molar-refractivity contribution in [2.24, 2.45) is 5.92 Å². The van der Waals surface area contributed by atoms with Crippen molar-refractivity contribution in [2.75, 3.05) is 46.9 Å². The predicted molar refractivity (Wildman–Crippen MR) is 127 cm³/mol. The first-order valence-corrected chi connectivity index (χ1v) is 11.8. The summed E-state index contributed by atoms with van der Waals surface area (Å²) in [5.41, 5.74) is 2.74. The molecule has 182 valence electrons. The molecule has 34 heavy (non-hydrogen) atoms. The highest BCUT2D eigenvalue weighted by atomic mass is 19.1. The van der Waals surface area contributed by atoms with E-state index in [0.717, 1.165) is 37.1 Å². The van der Waals surface area contributed by atoms with Crippen molar-refractivity contribution in [3.8, 4) is 11.5 Å². The van der Waals surface area contributed by atoms with Gasteiger partial charge in [-0.15, -0.1) is 0 Å². The van der Waals surface area contributed by atoms with Crippen molar-refractivity contribution < 1.29 is 23.5 Å². The largest absolute Gasteiger partial charge is 0.493 e. The molecule has 8 heteroatoms. The molecule has 1 atom stereocenters. The summed E-state index contributed by atoms with van der Waals surface area (Å²) < 4.78 is 23.9. The summed E-state index contributed by atoms with van der Waals surface area (Å²) in [5.74, 6) is 0.974. The quantitative estimate of drug-likeness (QED) is 0.675. The maximum Gasteiger partial charge on any atom is 0.251 e. The van der Waals surface area contributed by atoms with Gasteiger partial charge in [0.2, 0.25) is 5.91 Å². The number of nitrogens with zero attached hydrogens (tertiary/aromatic N) is 2. The van der Waals surface area contributed by atoms with Crippen molar-refractivity contribution in [1.29, 1.82) is 0 Å². The summed E-state index contributed by atoms with van der Waals surface area (Å²) in [7, 11) is 3.25. The van der Waals surface area contributed by atoms with Gasteiger partial charge in [0.1, 0.15) is 5.82 Å². The van der Waals surface area contributed by atoms with Crippen LogP contribution >= 0.6 is 0 Å². The predicted octanol–water partition coefficient (Wildman–Crippen LogP) is 2.87. The Morgan fingerprint density at radius 1 is 1.06 bits per heavy atom. The third-order valence-corrected chi connectivity index (χ3v) is 6.70. The first-order valence-electron chi connectivity index (χ1n) is 11.8. The minimum atomic E-state index is -0.364. The number of amides is 2. The molecule has 0 unspecified atom stereocenters. The van der Waals surface area contributed by atoms with Gasteiger partial charge in [0.15, 0.2) is 11.5 Å². The summed E-state index contributed by atoms with van der Waals surface area (Å²) in [4.78, 5) is 29.8. The number of likely N-dealkylation sites (tertiary alicyclic amines) is 1. The fourth-order valence-corrected chi connectivity index (χ4v) is 4.82. The Labute approximate surface area is 199 Å². The number of benzene rings is 2. The van der Waals surface area contributed by atoms with E-state index in [-0.39, 0.29) is 23.5 Å². The molecule has 0 aliphatic carbocycles. The maximum atomic E-state index is 13.3. The summed E-state index contributed by atoms with van der Waals surface area (Å²) in [6.07, 6.45) is 2.64. The number of hydrogen-bond donors (Lipinski definition) is 1. The molecule has 2 heterocycles. The van der Waals surface area contributed by atoms with Gasteiger partial charge in [0.25, 0.3) is 5.91 Å². The Bertz CT molecular complexity index is 1030. The van der Waals surface area contributed by atoms with E-state index < -0.39 is 0 Å². The molecule has 0 bridgehead atoms. The lowest BCUT2D eigenvalue weighted by atomic mass is 9.93. The van der Waals surface area contributed by atoms with Gasteiger partial charge < -0.3 is 24.6 Å². The summed E-state index contributed by atoms with van der Waals surface area (Å²) >= 11 is 0. The lowest BCUT2D eigenvalue weighted by molar-refractivity contribution is -0.138. The van der Waals surface area contributed by atoms with E-state index in [2.05, 4.69) is 10.2 Å². The zero-order chi connectivity index (χ0) is 24.1. The Balaban J connectivity index is 1.29. The molecule has 1 fully saturated rings. The highest BCUT2D eigenvalue weighted by Gasteiger charge is 2.31. The summed E-state index contributed by atoms with van der Waals surface area (Å²) in [6, 6.07) is 9.50. The maximum absolute atomic E-state index is 13.3. The second kappa shape index (κ2) is 10.9. The second-order valence-electron chi connectivity index (χ2n) is 8.89. The fourth-order valence-electron chi connectivity index (χ4n) is 4.82. The molecule has 2 aliphatic heterocycles. The molecule has 2 aromatic rings. The van der Waals surface area contributed by atoms with Crippen LogP contribution in [-0.4, -0.2) is 68.6 Å². The van der Waals surface area contributed by atoms with Gasteiger partial charge in [0.05, 0.1) is 20.1 Å². The van der Waals surface area contributed by atoms with Gasteiger partial charge in [0, 0.05) is 38.3 Å². The van der Waals surface area contributed by atoms with Gasteiger partial charge in [-0.1, -0.05) is 0 Å². The SMILES string of the molecule is COc1cc2c(cc1OC)CN(C(=O)[C@H]1CCCN(CCNC(=O)c3ccc(F)cc3)C1)CC2. The average Bonchev–Trinajstić information content (AvgIpc) is 2.87. The molecule has 7 nitrogen and oxygen atoms in total. The Kier molecular flexibility index (Phi) is 7.67. The molecule has 0 saturated carbocycles. The molecule has 0 aromatic heterocycles. The van der Waals surface area contributed by atoms with Gasteiger partial charge >= 0.3 is 0 Å². The third kappa shape index (κ3) is 5.50. The smallest absolute Gasteiger partial charge is 0.251 e. The van der Waals surface area contributed by atoms with Crippen molar-refractivity contribution >= 4 is 11.8 Å². The zero-order valence-electron chi connectivity index (χ0n) is 19.8. The fraction of sp³-hybridized carbons (Fsp3) is 0.462. The molecule has 2 aromatic carbocycles. The van der Waals surface area contributed by atoms with E-state index in [1.54, 1.807) is 14.2 Å². The van der Waals surface area contributed by atoms with Crippen molar-refractivity contribution in [3.63, 3.8) is 0 Å². The van der Waals surface area contributed by atoms with Crippen molar-refractivity contribution in [2.45, 2.75) is 25.8 Å². The Morgan fingerprint density at radius 2 is 1.76 bits per heavy atom. The number of hydrogen-bond acceptors (Lipinski definition) is 5. The van der Waals surface area contributed by atoms with Crippen LogP contribution in [-0.2, 0) is 17.8 Å². The first kappa shape index (κ1) is 24.0. The number of methoxy groups -OCH3 is 2. The van der Waals surface area contributed by atoms with Crippen molar-refractivity contribution in [3.05, 3.63) is 58.9 Å². The average molecular weight is 470 g/mol. The number of carbonyl (C=O) groups excluding carboxylic acids is 2. The molecular formula is C26H32FN3O4. The Morgan fingerprint density at radius 3 is 2.47 bits per heavy atom. The van der Waals surface area contributed by atoms with Gasteiger partial charge in [-0.25, -0.2) is 4.39 Å². The van der Waals surface area contributed by atoms with E-state index in [1.807, 2.05) is 17.0 Å². The highest BCUT2D eigenvalue weighted by molar-refractivity contribution is 5.94. The van der Waals surface area contributed by atoms with E-state index in [4.69, 9.17) is 9.47 Å². The molecule has 1 N–H and O–H groups in total. The third-order valence-electron chi connectivity index (χ3n) is 6.70. The molecule has 2 amide bonds. The normalized spacial score (nSPS) is 18.2. The first-order chi connectivity index (χ1) is 16.5. The van der Waals surface area contributed by atoms with Crippen LogP contribution in [0, 0.1) is 11.7 Å². The lowest BCUT2D eigenvalue weighted by Crippen LogP contribution is -2.47. The van der Waals surface area contributed by atoms with Crippen LogP contribution in [0.25, 0.3) is 0 Å². The molecule has 2 aliphatic rings. The number of carbonyl (C=O) groups is 2. The van der Waals surface area contributed by atoms with Crippen LogP contribution in [0.1, 0.15) is 34.3 Å².